The number of carbonyl (C=O) groups excluding carboxylic acids is 3. The van der Waals surface area contributed by atoms with E-state index in [2.05, 4.69) is 5.32 Å². The van der Waals surface area contributed by atoms with Gasteiger partial charge in [0.2, 0.25) is 5.91 Å². The molecule has 0 aliphatic carbocycles. The van der Waals surface area contributed by atoms with Gasteiger partial charge in [0, 0.05) is 41.8 Å². The van der Waals surface area contributed by atoms with E-state index in [1.54, 1.807) is 24.3 Å². The van der Waals surface area contributed by atoms with Crippen molar-refractivity contribution < 1.29 is 14.4 Å². The van der Waals surface area contributed by atoms with Crippen molar-refractivity contribution in [1.82, 2.24) is 9.80 Å². The Bertz CT molecular complexity index is 682. The van der Waals surface area contributed by atoms with Crippen molar-refractivity contribution in [2.24, 2.45) is 11.1 Å². The Morgan fingerprint density at radius 1 is 1.04 bits per heavy atom. The van der Waals surface area contributed by atoms with E-state index >= 15 is 0 Å². The van der Waals surface area contributed by atoms with Crippen molar-refractivity contribution >= 4 is 23.5 Å². The van der Waals surface area contributed by atoms with Gasteiger partial charge in [-0.05, 0) is 38.1 Å². The Labute approximate surface area is 154 Å². The van der Waals surface area contributed by atoms with Gasteiger partial charge >= 0.3 is 6.03 Å². The molecule has 2 atom stereocenters. The van der Waals surface area contributed by atoms with Crippen LogP contribution in [0.2, 0.25) is 0 Å². The van der Waals surface area contributed by atoms with Gasteiger partial charge in [-0.1, -0.05) is 20.8 Å². The number of primary amides is 1. The molecule has 1 heterocycles. The van der Waals surface area contributed by atoms with Gasteiger partial charge in [0.25, 0.3) is 5.91 Å². The first-order valence-electron chi connectivity index (χ1n) is 8.79. The zero-order valence-electron chi connectivity index (χ0n) is 16.1. The fourth-order valence-corrected chi connectivity index (χ4v) is 3.35. The molecule has 7 heteroatoms. The van der Waals surface area contributed by atoms with Crippen LogP contribution in [0.1, 0.15) is 45.0 Å². The normalized spacial score (nSPS) is 20.7. The van der Waals surface area contributed by atoms with Gasteiger partial charge in [0.05, 0.1) is 0 Å². The summed E-state index contributed by atoms with van der Waals surface area (Å²) in [5.41, 5.74) is 5.72. The Hall–Kier alpha value is -2.57. The molecule has 0 bridgehead atoms. The number of nitrogens with two attached hydrogens (primary N) is 1. The lowest BCUT2D eigenvalue weighted by Crippen LogP contribution is -2.61. The average Bonchev–Trinajstić information content (AvgIpc) is 2.52. The van der Waals surface area contributed by atoms with Gasteiger partial charge in [-0.15, -0.1) is 0 Å². The predicted octanol–water partition coefficient (Wildman–Crippen LogP) is 2.28. The highest BCUT2D eigenvalue weighted by molar-refractivity contribution is 5.96. The van der Waals surface area contributed by atoms with E-state index in [0.29, 0.717) is 24.3 Å². The SMILES string of the molecule is CC1CN(C(=O)C(C)(C)C)CC(C)N1C(=O)c1ccc(NC(N)=O)cc1. The molecule has 1 aromatic rings. The van der Waals surface area contributed by atoms with E-state index in [4.69, 9.17) is 5.73 Å². The van der Waals surface area contributed by atoms with Crippen molar-refractivity contribution in [2.45, 2.75) is 46.7 Å². The van der Waals surface area contributed by atoms with Gasteiger partial charge in [-0.2, -0.15) is 0 Å². The number of carbonyl (C=O) groups is 3. The lowest BCUT2D eigenvalue weighted by Gasteiger charge is -2.46. The van der Waals surface area contributed by atoms with Gasteiger partial charge < -0.3 is 20.9 Å². The highest BCUT2D eigenvalue weighted by Crippen LogP contribution is 2.24. The molecular weight excluding hydrogens is 332 g/mol. The van der Waals surface area contributed by atoms with Gasteiger partial charge in [0.1, 0.15) is 0 Å². The largest absolute Gasteiger partial charge is 0.351 e. The number of hydrogen-bond donors (Lipinski definition) is 2. The second-order valence-corrected chi connectivity index (χ2v) is 7.94. The number of hydrogen-bond acceptors (Lipinski definition) is 3. The van der Waals surface area contributed by atoms with Crippen LogP contribution < -0.4 is 11.1 Å². The van der Waals surface area contributed by atoms with Crippen LogP contribution in [0.25, 0.3) is 0 Å². The van der Waals surface area contributed by atoms with Crippen molar-refractivity contribution in [3.63, 3.8) is 0 Å². The quantitative estimate of drug-likeness (QED) is 0.847. The van der Waals surface area contributed by atoms with Gasteiger partial charge in [-0.3, -0.25) is 9.59 Å². The molecule has 1 aliphatic rings. The van der Waals surface area contributed by atoms with Crippen LogP contribution in [0.15, 0.2) is 24.3 Å². The summed E-state index contributed by atoms with van der Waals surface area (Å²) in [5.74, 6) is 0.0173. The van der Waals surface area contributed by atoms with E-state index in [1.165, 1.54) is 0 Å². The van der Waals surface area contributed by atoms with E-state index in [1.807, 2.05) is 44.4 Å². The van der Waals surface area contributed by atoms with E-state index in [9.17, 15) is 14.4 Å². The first-order valence-corrected chi connectivity index (χ1v) is 8.79. The summed E-state index contributed by atoms with van der Waals surface area (Å²) in [4.78, 5) is 40.0. The fraction of sp³-hybridized carbons (Fsp3) is 0.526. The molecule has 4 amide bonds. The van der Waals surface area contributed by atoms with E-state index in [0.717, 1.165) is 0 Å². The Balaban J connectivity index is 2.12. The molecule has 1 saturated heterocycles. The Kier molecular flexibility index (Phi) is 5.59. The first-order chi connectivity index (χ1) is 12.0. The van der Waals surface area contributed by atoms with E-state index in [-0.39, 0.29) is 23.9 Å². The smallest absolute Gasteiger partial charge is 0.316 e. The summed E-state index contributed by atoms with van der Waals surface area (Å²) in [6.07, 6.45) is 0. The number of nitrogens with zero attached hydrogens (tertiary/aromatic N) is 2. The number of amides is 4. The summed E-state index contributed by atoms with van der Waals surface area (Å²) in [6.45, 7) is 10.7. The maximum atomic E-state index is 12.9. The molecule has 0 spiro atoms. The third-order valence-electron chi connectivity index (χ3n) is 4.48. The predicted molar refractivity (Wildman–Crippen MR) is 101 cm³/mol. The molecule has 0 radical (unpaired) electrons. The minimum absolute atomic E-state index is 0.0824. The van der Waals surface area contributed by atoms with Crippen LogP contribution in [-0.4, -0.2) is 52.8 Å². The highest BCUT2D eigenvalue weighted by atomic mass is 16.2. The summed E-state index contributed by atoms with van der Waals surface area (Å²) in [5, 5.41) is 2.47. The minimum Gasteiger partial charge on any atom is -0.351 e. The third kappa shape index (κ3) is 4.33. The van der Waals surface area contributed by atoms with Crippen LogP contribution in [0.3, 0.4) is 0 Å². The molecule has 0 saturated carbocycles. The van der Waals surface area contributed by atoms with Crippen LogP contribution in [-0.2, 0) is 4.79 Å². The molecule has 7 nitrogen and oxygen atoms in total. The lowest BCUT2D eigenvalue weighted by molar-refractivity contribution is -0.143. The summed E-state index contributed by atoms with van der Waals surface area (Å²) >= 11 is 0. The van der Waals surface area contributed by atoms with Gasteiger partial charge in [-0.25, -0.2) is 4.79 Å². The zero-order valence-corrected chi connectivity index (χ0v) is 16.1. The number of nitrogens with one attached hydrogen (secondary N) is 1. The molecule has 2 unspecified atom stereocenters. The zero-order chi connectivity index (χ0) is 19.6. The maximum absolute atomic E-state index is 12.9. The molecule has 3 N–H and O–H groups in total. The molecule has 0 aromatic heterocycles. The van der Waals surface area contributed by atoms with E-state index < -0.39 is 11.4 Å². The molecule has 26 heavy (non-hydrogen) atoms. The Morgan fingerprint density at radius 3 is 1.96 bits per heavy atom. The molecule has 142 valence electrons. The van der Waals surface area contributed by atoms with Crippen LogP contribution >= 0.6 is 0 Å². The number of anilines is 1. The number of benzene rings is 1. The van der Waals surface area contributed by atoms with Gasteiger partial charge in [0.15, 0.2) is 0 Å². The third-order valence-corrected chi connectivity index (χ3v) is 4.48. The molecule has 1 fully saturated rings. The van der Waals surface area contributed by atoms with Crippen molar-refractivity contribution in [3.05, 3.63) is 29.8 Å². The summed E-state index contributed by atoms with van der Waals surface area (Å²) in [6, 6.07) is 5.81. The van der Waals surface area contributed by atoms with Crippen LogP contribution in [0, 0.1) is 5.41 Å². The second-order valence-electron chi connectivity index (χ2n) is 7.94. The molecule has 2 rings (SSSR count). The molecule has 1 aliphatic heterocycles. The highest BCUT2D eigenvalue weighted by Gasteiger charge is 2.38. The fourth-order valence-electron chi connectivity index (χ4n) is 3.35. The monoisotopic (exact) mass is 360 g/mol. The number of piperazine rings is 1. The number of urea groups is 1. The molecule has 1 aromatic carbocycles. The Morgan fingerprint density at radius 2 is 1.54 bits per heavy atom. The van der Waals surface area contributed by atoms with Crippen LogP contribution in [0.4, 0.5) is 10.5 Å². The lowest BCUT2D eigenvalue weighted by atomic mass is 9.93. The summed E-state index contributed by atoms with van der Waals surface area (Å²) in [7, 11) is 0. The number of rotatable bonds is 2. The topological polar surface area (TPSA) is 95.7 Å². The maximum Gasteiger partial charge on any atom is 0.316 e. The minimum atomic E-state index is -0.647. The summed E-state index contributed by atoms with van der Waals surface area (Å²) < 4.78 is 0. The second kappa shape index (κ2) is 7.35. The molecular formula is C19H28N4O3. The van der Waals surface area contributed by atoms with Crippen molar-refractivity contribution in [2.75, 3.05) is 18.4 Å². The first kappa shape index (κ1) is 19.8. The standard InChI is InChI=1S/C19H28N4O3/c1-12-10-22(17(25)19(3,4)5)11-13(2)23(12)16(24)14-6-8-15(9-7-14)21-18(20)26/h6-9,12-13H,10-11H2,1-5H3,(H3,20,21,26). The van der Waals surface area contributed by atoms with Crippen molar-refractivity contribution in [1.29, 1.82) is 0 Å². The van der Waals surface area contributed by atoms with Crippen LogP contribution in [0.5, 0.6) is 0 Å². The van der Waals surface area contributed by atoms with Crippen molar-refractivity contribution in [3.8, 4) is 0 Å². The average molecular weight is 360 g/mol.